The van der Waals surface area contributed by atoms with E-state index in [1.54, 1.807) is 0 Å². The third kappa shape index (κ3) is 3.99. The summed E-state index contributed by atoms with van der Waals surface area (Å²) in [6.45, 7) is 12.2. The summed E-state index contributed by atoms with van der Waals surface area (Å²) in [7, 11) is 0. The maximum Gasteiger partial charge on any atom is 0.334 e. The molecule has 0 aromatic rings. The molecular formula is C19H26O4. The minimum absolute atomic E-state index is 0.0759. The molecule has 3 atom stereocenters. The predicted molar refractivity (Wildman–Crippen MR) is 88.8 cm³/mol. The van der Waals surface area contributed by atoms with Crippen LogP contribution in [0.3, 0.4) is 0 Å². The monoisotopic (exact) mass is 318 g/mol. The number of ketones is 1. The topological polar surface area (TPSA) is 52.6 Å². The van der Waals surface area contributed by atoms with Gasteiger partial charge in [-0.25, -0.2) is 4.79 Å². The Labute approximate surface area is 138 Å². The zero-order valence-electron chi connectivity index (χ0n) is 14.4. The van der Waals surface area contributed by atoms with E-state index in [0.29, 0.717) is 23.7 Å². The Balaban J connectivity index is 2.42. The largest absolute Gasteiger partial charge is 0.454 e. The van der Waals surface area contributed by atoms with Gasteiger partial charge in [0.25, 0.3) is 0 Å². The highest BCUT2D eigenvalue weighted by Gasteiger charge is 2.46. The fraction of sp³-hybridized carbons (Fsp3) is 0.579. The zero-order valence-corrected chi connectivity index (χ0v) is 14.4. The van der Waals surface area contributed by atoms with Crippen LogP contribution in [0.15, 0.2) is 35.5 Å². The standard InChI is InChI=1S/C19H26O4/c1-11(2)10-22-18-16-14(5)19(21)23-15(16)9-12(3)7-6-8-13(4)17(18)20/h8-9,11,15-16,18H,5-7,10H2,1-4H3/b12-9-,13-8-/t15-,16-,18+/m0/s1. The number of hydrogen-bond donors (Lipinski definition) is 0. The van der Waals surface area contributed by atoms with Crippen LogP contribution >= 0.6 is 0 Å². The van der Waals surface area contributed by atoms with Crippen LogP contribution in [0.25, 0.3) is 0 Å². The molecule has 2 aliphatic rings. The fourth-order valence-electron chi connectivity index (χ4n) is 2.94. The molecule has 0 spiro atoms. The highest BCUT2D eigenvalue weighted by molar-refractivity contribution is 6.01. The number of Topliss-reactive ketones (excluding diaryl/α,β-unsaturated/α-hetero) is 1. The number of carbonyl (C=O) groups is 2. The van der Waals surface area contributed by atoms with Crippen molar-refractivity contribution in [2.24, 2.45) is 11.8 Å². The summed E-state index contributed by atoms with van der Waals surface area (Å²) in [6.07, 6.45) is 4.33. The summed E-state index contributed by atoms with van der Waals surface area (Å²) >= 11 is 0. The minimum Gasteiger partial charge on any atom is -0.454 e. The van der Waals surface area contributed by atoms with Gasteiger partial charge in [0, 0.05) is 12.2 Å². The molecule has 1 fully saturated rings. The lowest BCUT2D eigenvalue weighted by Gasteiger charge is -2.27. The third-order valence-electron chi connectivity index (χ3n) is 4.28. The van der Waals surface area contributed by atoms with Crippen molar-refractivity contribution >= 4 is 11.8 Å². The first-order valence-electron chi connectivity index (χ1n) is 8.21. The molecule has 4 nitrogen and oxygen atoms in total. The number of esters is 1. The Bertz CT molecular complexity index is 568. The second-order valence-corrected chi connectivity index (χ2v) is 6.87. The van der Waals surface area contributed by atoms with Gasteiger partial charge in [-0.1, -0.05) is 32.1 Å². The van der Waals surface area contributed by atoms with Crippen molar-refractivity contribution < 1.29 is 19.1 Å². The lowest BCUT2D eigenvalue weighted by Crippen LogP contribution is -2.39. The third-order valence-corrected chi connectivity index (χ3v) is 4.28. The zero-order chi connectivity index (χ0) is 17.1. The van der Waals surface area contributed by atoms with E-state index >= 15 is 0 Å². The second-order valence-electron chi connectivity index (χ2n) is 6.87. The molecule has 0 aromatic carbocycles. The fourth-order valence-corrected chi connectivity index (χ4v) is 2.94. The highest BCUT2D eigenvalue weighted by Crippen LogP contribution is 2.35. The summed E-state index contributed by atoms with van der Waals surface area (Å²) in [5, 5.41) is 0. The molecule has 1 heterocycles. The maximum absolute atomic E-state index is 12.8. The maximum atomic E-state index is 12.8. The van der Waals surface area contributed by atoms with Crippen molar-refractivity contribution in [1.82, 2.24) is 0 Å². The van der Waals surface area contributed by atoms with Crippen molar-refractivity contribution in [1.29, 1.82) is 0 Å². The van der Waals surface area contributed by atoms with Gasteiger partial charge in [0.2, 0.25) is 0 Å². The van der Waals surface area contributed by atoms with Crippen LogP contribution in [0, 0.1) is 11.8 Å². The summed E-state index contributed by atoms with van der Waals surface area (Å²) in [4.78, 5) is 24.8. The lowest BCUT2D eigenvalue weighted by atomic mass is 9.84. The van der Waals surface area contributed by atoms with E-state index < -0.39 is 24.1 Å². The molecule has 1 saturated heterocycles. The van der Waals surface area contributed by atoms with Gasteiger partial charge in [0.05, 0.1) is 5.92 Å². The number of carbonyl (C=O) groups excluding carboxylic acids is 2. The smallest absolute Gasteiger partial charge is 0.334 e. The Morgan fingerprint density at radius 3 is 2.70 bits per heavy atom. The molecule has 0 aromatic heterocycles. The Morgan fingerprint density at radius 1 is 1.35 bits per heavy atom. The average molecular weight is 318 g/mol. The summed E-state index contributed by atoms with van der Waals surface area (Å²) < 4.78 is 11.3. The second kappa shape index (κ2) is 7.26. The molecular weight excluding hydrogens is 292 g/mol. The molecule has 23 heavy (non-hydrogen) atoms. The number of rotatable bonds is 3. The van der Waals surface area contributed by atoms with E-state index in [-0.39, 0.29) is 5.78 Å². The first-order valence-corrected chi connectivity index (χ1v) is 8.21. The number of fused-ring (bicyclic) bond motifs is 1. The number of ether oxygens (including phenoxy) is 2. The summed E-state index contributed by atoms with van der Waals surface area (Å²) in [5.41, 5.74) is 2.15. The molecule has 0 unspecified atom stereocenters. The van der Waals surface area contributed by atoms with Crippen molar-refractivity contribution in [3.63, 3.8) is 0 Å². The Morgan fingerprint density at radius 2 is 2.04 bits per heavy atom. The molecule has 2 rings (SSSR count). The van der Waals surface area contributed by atoms with Crippen LogP contribution in [-0.2, 0) is 19.1 Å². The van der Waals surface area contributed by atoms with Gasteiger partial charge in [-0.05, 0) is 44.3 Å². The van der Waals surface area contributed by atoms with Gasteiger partial charge in [0.15, 0.2) is 5.78 Å². The predicted octanol–water partition coefficient (Wildman–Crippen LogP) is 3.38. The van der Waals surface area contributed by atoms with Gasteiger partial charge < -0.3 is 9.47 Å². The van der Waals surface area contributed by atoms with Gasteiger partial charge in [-0.15, -0.1) is 0 Å². The van der Waals surface area contributed by atoms with E-state index in [1.165, 1.54) is 0 Å². The van der Waals surface area contributed by atoms with E-state index in [9.17, 15) is 9.59 Å². The molecule has 0 N–H and O–H groups in total. The van der Waals surface area contributed by atoms with Crippen LogP contribution < -0.4 is 0 Å². The van der Waals surface area contributed by atoms with E-state index in [4.69, 9.17) is 9.47 Å². The molecule has 0 saturated carbocycles. The SMILES string of the molecule is C=C1C(=O)O[C@H]2/C=C(/C)CC/C=C(/C)C(=O)[C@H](OCC(C)C)[C@@H]12. The highest BCUT2D eigenvalue weighted by atomic mass is 16.6. The molecule has 4 heteroatoms. The van der Waals surface area contributed by atoms with Crippen molar-refractivity contribution in [2.45, 2.75) is 52.7 Å². The molecule has 0 amide bonds. The van der Waals surface area contributed by atoms with Gasteiger partial charge in [-0.3, -0.25) is 4.79 Å². The van der Waals surface area contributed by atoms with E-state index in [2.05, 4.69) is 6.58 Å². The minimum atomic E-state index is -0.722. The van der Waals surface area contributed by atoms with Gasteiger partial charge >= 0.3 is 5.97 Å². The van der Waals surface area contributed by atoms with Crippen LogP contribution in [0.5, 0.6) is 0 Å². The molecule has 1 aliphatic carbocycles. The summed E-state index contributed by atoms with van der Waals surface area (Å²) in [6, 6.07) is 0. The van der Waals surface area contributed by atoms with Crippen LogP contribution in [0.2, 0.25) is 0 Å². The summed E-state index contributed by atoms with van der Waals surface area (Å²) in [5.74, 6) is -0.668. The molecule has 0 bridgehead atoms. The molecule has 1 aliphatic heterocycles. The van der Waals surface area contributed by atoms with Gasteiger partial charge in [0.1, 0.15) is 12.2 Å². The van der Waals surface area contributed by atoms with Crippen molar-refractivity contribution in [2.75, 3.05) is 6.61 Å². The quantitative estimate of drug-likeness (QED) is 0.455. The molecule has 0 radical (unpaired) electrons. The first kappa shape index (κ1) is 17.7. The number of allylic oxidation sites excluding steroid dienone is 2. The normalized spacial score (nSPS) is 33.6. The van der Waals surface area contributed by atoms with Crippen LogP contribution in [-0.4, -0.2) is 30.6 Å². The van der Waals surface area contributed by atoms with Gasteiger partial charge in [-0.2, -0.15) is 0 Å². The van der Waals surface area contributed by atoms with Crippen LogP contribution in [0.4, 0.5) is 0 Å². The number of hydrogen-bond acceptors (Lipinski definition) is 4. The lowest BCUT2D eigenvalue weighted by molar-refractivity contribution is -0.139. The average Bonchev–Trinajstić information content (AvgIpc) is 2.73. The Kier molecular flexibility index (Phi) is 5.58. The molecule has 126 valence electrons. The first-order chi connectivity index (χ1) is 10.8. The van der Waals surface area contributed by atoms with Crippen molar-refractivity contribution in [3.05, 3.63) is 35.5 Å². The van der Waals surface area contributed by atoms with Crippen molar-refractivity contribution in [3.8, 4) is 0 Å². The van der Waals surface area contributed by atoms with E-state index in [1.807, 2.05) is 39.8 Å². The van der Waals surface area contributed by atoms with Crippen LogP contribution in [0.1, 0.15) is 40.5 Å². The van der Waals surface area contributed by atoms with E-state index in [0.717, 1.165) is 18.4 Å². The Hall–Kier alpha value is -1.68.